The molecule has 1 aromatic carbocycles. The zero-order valence-electron chi connectivity index (χ0n) is 14.4. The molecule has 1 aliphatic rings. The maximum atomic E-state index is 12.2. The highest BCUT2D eigenvalue weighted by Gasteiger charge is 2.25. The van der Waals surface area contributed by atoms with Crippen LogP contribution >= 0.6 is 0 Å². The third-order valence-electron chi connectivity index (χ3n) is 4.33. The van der Waals surface area contributed by atoms with E-state index in [1.54, 1.807) is 14.2 Å². The number of nitrogens with zero attached hydrogens (tertiary/aromatic N) is 1. The van der Waals surface area contributed by atoms with Crippen LogP contribution < -0.4 is 10.1 Å². The Labute approximate surface area is 139 Å². The molecule has 0 aromatic heterocycles. The predicted molar refractivity (Wildman–Crippen MR) is 90.5 cm³/mol. The quantitative estimate of drug-likeness (QED) is 0.835. The second kappa shape index (κ2) is 8.89. The number of carbonyl (C=O) groups is 1. The van der Waals surface area contributed by atoms with Crippen molar-refractivity contribution < 1.29 is 14.3 Å². The van der Waals surface area contributed by atoms with Crippen molar-refractivity contribution in [3.05, 3.63) is 29.8 Å². The molecule has 0 bridgehead atoms. The topological polar surface area (TPSA) is 50.8 Å². The predicted octanol–water partition coefficient (Wildman–Crippen LogP) is 2.06. The summed E-state index contributed by atoms with van der Waals surface area (Å²) < 4.78 is 10.2. The highest BCUT2D eigenvalue weighted by molar-refractivity contribution is 5.79. The largest absolute Gasteiger partial charge is 0.497 e. The van der Waals surface area contributed by atoms with Gasteiger partial charge in [-0.15, -0.1) is 0 Å². The average Bonchev–Trinajstić information content (AvgIpc) is 2.56. The first kappa shape index (κ1) is 17.8. The fourth-order valence-electron chi connectivity index (χ4n) is 2.99. The Morgan fingerprint density at radius 1 is 1.26 bits per heavy atom. The fourth-order valence-corrected chi connectivity index (χ4v) is 2.99. The molecule has 1 atom stereocenters. The second-order valence-electron chi connectivity index (χ2n) is 6.26. The molecule has 0 radical (unpaired) electrons. The summed E-state index contributed by atoms with van der Waals surface area (Å²) in [7, 11) is 3.33. The Kier molecular flexibility index (Phi) is 6.86. The van der Waals surface area contributed by atoms with Crippen molar-refractivity contribution in [3.63, 3.8) is 0 Å². The van der Waals surface area contributed by atoms with Gasteiger partial charge in [-0.05, 0) is 50.6 Å². The van der Waals surface area contributed by atoms with Gasteiger partial charge in [-0.2, -0.15) is 0 Å². The summed E-state index contributed by atoms with van der Waals surface area (Å²) in [5, 5.41) is 3.03. The monoisotopic (exact) mass is 320 g/mol. The van der Waals surface area contributed by atoms with Gasteiger partial charge in [0.15, 0.2) is 0 Å². The maximum Gasteiger partial charge on any atom is 0.223 e. The Balaban J connectivity index is 1.75. The number of rotatable bonds is 7. The molecule has 1 N–H and O–H groups in total. The van der Waals surface area contributed by atoms with Gasteiger partial charge in [0.2, 0.25) is 5.91 Å². The number of likely N-dealkylation sites (tertiary alicyclic amines) is 1. The SMILES string of the molecule is COCC(C)NC(=O)C1CCN(Cc2ccc(OC)cc2)CC1. The van der Waals surface area contributed by atoms with E-state index in [4.69, 9.17) is 9.47 Å². The number of hydrogen-bond acceptors (Lipinski definition) is 4. The summed E-state index contributed by atoms with van der Waals surface area (Å²) in [6.07, 6.45) is 1.84. The van der Waals surface area contributed by atoms with Crippen molar-refractivity contribution in [1.29, 1.82) is 0 Å². The van der Waals surface area contributed by atoms with Crippen LogP contribution in [0.4, 0.5) is 0 Å². The molecule has 0 aliphatic carbocycles. The Hall–Kier alpha value is -1.59. The van der Waals surface area contributed by atoms with Crippen LogP contribution in [0.15, 0.2) is 24.3 Å². The van der Waals surface area contributed by atoms with E-state index in [0.717, 1.165) is 38.2 Å². The standard InChI is InChI=1S/C18H28N2O3/c1-14(13-22-2)19-18(21)16-8-10-20(11-9-16)12-15-4-6-17(23-3)7-5-15/h4-7,14,16H,8-13H2,1-3H3,(H,19,21). The summed E-state index contributed by atoms with van der Waals surface area (Å²) in [5.41, 5.74) is 1.28. The first-order chi connectivity index (χ1) is 11.1. The van der Waals surface area contributed by atoms with Gasteiger partial charge in [0.25, 0.3) is 0 Å². The van der Waals surface area contributed by atoms with Crippen LogP contribution in [0, 0.1) is 5.92 Å². The van der Waals surface area contributed by atoms with E-state index in [9.17, 15) is 4.79 Å². The van der Waals surface area contributed by atoms with Crippen LogP contribution in [0.2, 0.25) is 0 Å². The van der Waals surface area contributed by atoms with Crippen molar-refractivity contribution in [3.8, 4) is 5.75 Å². The molecular weight excluding hydrogens is 292 g/mol. The van der Waals surface area contributed by atoms with Crippen molar-refractivity contribution in [2.75, 3.05) is 33.9 Å². The van der Waals surface area contributed by atoms with Gasteiger partial charge in [0.05, 0.1) is 13.7 Å². The third-order valence-corrected chi connectivity index (χ3v) is 4.33. The molecular formula is C18H28N2O3. The lowest BCUT2D eigenvalue weighted by Crippen LogP contribution is -2.44. The Morgan fingerprint density at radius 2 is 1.91 bits per heavy atom. The molecule has 23 heavy (non-hydrogen) atoms. The van der Waals surface area contributed by atoms with Crippen molar-refractivity contribution in [2.45, 2.75) is 32.4 Å². The Bertz CT molecular complexity index is 482. The number of ether oxygens (including phenoxy) is 2. The summed E-state index contributed by atoms with van der Waals surface area (Å²) in [4.78, 5) is 14.6. The number of carbonyl (C=O) groups excluding carboxylic acids is 1. The highest BCUT2D eigenvalue weighted by atomic mass is 16.5. The molecule has 1 amide bonds. The number of nitrogens with one attached hydrogen (secondary N) is 1. The number of benzene rings is 1. The highest BCUT2D eigenvalue weighted by Crippen LogP contribution is 2.20. The number of hydrogen-bond donors (Lipinski definition) is 1. The molecule has 0 saturated carbocycles. The smallest absolute Gasteiger partial charge is 0.223 e. The minimum absolute atomic E-state index is 0.0739. The van der Waals surface area contributed by atoms with Gasteiger partial charge in [0.1, 0.15) is 5.75 Å². The van der Waals surface area contributed by atoms with Crippen molar-refractivity contribution >= 4 is 5.91 Å². The van der Waals surface area contributed by atoms with Gasteiger partial charge in [0, 0.05) is 25.6 Å². The lowest BCUT2D eigenvalue weighted by Gasteiger charge is -2.31. The summed E-state index contributed by atoms with van der Waals surface area (Å²) in [6.45, 7) is 5.38. The van der Waals surface area contributed by atoms with Gasteiger partial charge >= 0.3 is 0 Å². The normalized spacial score (nSPS) is 17.7. The first-order valence-electron chi connectivity index (χ1n) is 8.27. The molecule has 5 nitrogen and oxygen atoms in total. The molecule has 1 saturated heterocycles. The van der Waals surface area contributed by atoms with Crippen LogP contribution in [-0.2, 0) is 16.1 Å². The van der Waals surface area contributed by atoms with E-state index in [0.29, 0.717) is 6.61 Å². The molecule has 1 aliphatic heterocycles. The molecule has 2 rings (SSSR count). The van der Waals surface area contributed by atoms with E-state index in [2.05, 4.69) is 22.3 Å². The Morgan fingerprint density at radius 3 is 2.48 bits per heavy atom. The van der Waals surface area contributed by atoms with E-state index < -0.39 is 0 Å². The summed E-state index contributed by atoms with van der Waals surface area (Å²) >= 11 is 0. The molecule has 1 unspecified atom stereocenters. The zero-order chi connectivity index (χ0) is 16.7. The van der Waals surface area contributed by atoms with Crippen molar-refractivity contribution in [1.82, 2.24) is 10.2 Å². The van der Waals surface area contributed by atoms with Gasteiger partial charge in [-0.1, -0.05) is 12.1 Å². The number of amides is 1. The van der Waals surface area contributed by atoms with E-state index in [1.165, 1.54) is 5.56 Å². The maximum absolute atomic E-state index is 12.2. The van der Waals surface area contributed by atoms with Crippen LogP contribution in [0.5, 0.6) is 5.75 Å². The lowest BCUT2D eigenvalue weighted by molar-refractivity contribution is -0.127. The molecule has 5 heteroatoms. The molecule has 0 spiro atoms. The zero-order valence-corrected chi connectivity index (χ0v) is 14.4. The van der Waals surface area contributed by atoms with E-state index >= 15 is 0 Å². The first-order valence-corrected chi connectivity index (χ1v) is 8.27. The lowest BCUT2D eigenvalue weighted by atomic mass is 9.95. The van der Waals surface area contributed by atoms with Crippen molar-refractivity contribution in [2.24, 2.45) is 5.92 Å². The van der Waals surface area contributed by atoms with Crippen LogP contribution in [-0.4, -0.2) is 50.8 Å². The van der Waals surface area contributed by atoms with Crippen LogP contribution in [0.25, 0.3) is 0 Å². The second-order valence-corrected chi connectivity index (χ2v) is 6.26. The van der Waals surface area contributed by atoms with Gasteiger partial charge < -0.3 is 14.8 Å². The average molecular weight is 320 g/mol. The van der Waals surface area contributed by atoms with Crippen LogP contribution in [0.3, 0.4) is 0 Å². The summed E-state index contributed by atoms with van der Waals surface area (Å²) in [6, 6.07) is 8.26. The minimum Gasteiger partial charge on any atom is -0.497 e. The number of methoxy groups -OCH3 is 2. The number of piperidine rings is 1. The fraction of sp³-hybridized carbons (Fsp3) is 0.611. The van der Waals surface area contributed by atoms with E-state index in [1.807, 2.05) is 19.1 Å². The molecule has 128 valence electrons. The van der Waals surface area contributed by atoms with Gasteiger partial charge in [-0.3, -0.25) is 9.69 Å². The van der Waals surface area contributed by atoms with Gasteiger partial charge in [-0.25, -0.2) is 0 Å². The van der Waals surface area contributed by atoms with E-state index in [-0.39, 0.29) is 17.9 Å². The third kappa shape index (κ3) is 5.52. The minimum atomic E-state index is 0.0739. The van der Waals surface area contributed by atoms with Crippen LogP contribution in [0.1, 0.15) is 25.3 Å². The summed E-state index contributed by atoms with van der Waals surface area (Å²) in [5.74, 6) is 1.18. The molecule has 1 heterocycles. The molecule has 1 aromatic rings. The molecule has 1 fully saturated rings.